The summed E-state index contributed by atoms with van der Waals surface area (Å²) in [5, 5.41) is 0. The number of ether oxygens (including phenoxy) is 1. The van der Waals surface area contributed by atoms with Gasteiger partial charge in [-0.1, -0.05) is 12.2 Å². The minimum Gasteiger partial charge on any atom is -0.366 e. The van der Waals surface area contributed by atoms with Crippen molar-refractivity contribution in [3.8, 4) is 0 Å². The lowest BCUT2D eigenvalue weighted by atomic mass is 9.98. The number of carbonyl (C=O) groups excluding carboxylic acids is 2. The van der Waals surface area contributed by atoms with Crippen molar-refractivity contribution in [2.45, 2.75) is 19.4 Å². The zero-order valence-electron chi connectivity index (χ0n) is 7.53. The van der Waals surface area contributed by atoms with E-state index in [0.717, 1.165) is 18.1 Å². The SMILES string of the molecule is CC1=CC(C=O)=CCC1OCC=O. The number of carbonyl (C=O) groups is 2. The summed E-state index contributed by atoms with van der Waals surface area (Å²) in [6, 6.07) is 0. The summed E-state index contributed by atoms with van der Waals surface area (Å²) in [5.74, 6) is 0. The maximum absolute atomic E-state index is 10.4. The molecule has 0 amide bonds. The maximum atomic E-state index is 10.4. The molecule has 0 N–H and O–H groups in total. The Kier molecular flexibility index (Phi) is 3.58. The van der Waals surface area contributed by atoms with Crippen molar-refractivity contribution >= 4 is 12.6 Å². The molecule has 1 aliphatic carbocycles. The minimum absolute atomic E-state index is 0.0473. The van der Waals surface area contributed by atoms with Gasteiger partial charge in [0, 0.05) is 5.57 Å². The first-order valence-electron chi connectivity index (χ1n) is 4.16. The number of hydrogen-bond acceptors (Lipinski definition) is 3. The molecule has 70 valence electrons. The van der Waals surface area contributed by atoms with Gasteiger partial charge >= 0.3 is 0 Å². The molecule has 3 heteroatoms. The first kappa shape index (κ1) is 9.86. The van der Waals surface area contributed by atoms with Crippen LogP contribution in [0.15, 0.2) is 23.3 Å². The fourth-order valence-corrected chi connectivity index (χ4v) is 1.28. The van der Waals surface area contributed by atoms with Crippen LogP contribution in [0.4, 0.5) is 0 Å². The summed E-state index contributed by atoms with van der Waals surface area (Å²) in [6.45, 7) is 2.01. The highest BCUT2D eigenvalue weighted by molar-refractivity contribution is 5.78. The second-order valence-electron chi connectivity index (χ2n) is 2.93. The van der Waals surface area contributed by atoms with E-state index >= 15 is 0 Å². The third-order valence-electron chi connectivity index (χ3n) is 1.97. The van der Waals surface area contributed by atoms with Crippen LogP contribution in [-0.2, 0) is 14.3 Å². The van der Waals surface area contributed by atoms with Crippen molar-refractivity contribution in [1.82, 2.24) is 0 Å². The van der Waals surface area contributed by atoms with E-state index in [1.54, 1.807) is 6.08 Å². The molecule has 0 heterocycles. The van der Waals surface area contributed by atoms with Gasteiger partial charge in [0.15, 0.2) is 0 Å². The first-order valence-corrected chi connectivity index (χ1v) is 4.16. The van der Waals surface area contributed by atoms with Crippen LogP contribution >= 0.6 is 0 Å². The molecule has 1 atom stereocenters. The molecule has 13 heavy (non-hydrogen) atoms. The van der Waals surface area contributed by atoms with E-state index in [-0.39, 0.29) is 12.7 Å². The predicted octanol–water partition coefficient (Wildman–Crippen LogP) is 1.05. The highest BCUT2D eigenvalue weighted by Crippen LogP contribution is 2.18. The van der Waals surface area contributed by atoms with Crippen molar-refractivity contribution < 1.29 is 14.3 Å². The van der Waals surface area contributed by atoms with Crippen molar-refractivity contribution in [2.24, 2.45) is 0 Å². The lowest BCUT2D eigenvalue weighted by molar-refractivity contribution is -0.113. The molecule has 1 rings (SSSR count). The van der Waals surface area contributed by atoms with E-state index in [0.29, 0.717) is 12.0 Å². The molecule has 0 aromatic heterocycles. The van der Waals surface area contributed by atoms with E-state index in [1.807, 2.05) is 13.0 Å². The monoisotopic (exact) mass is 180 g/mol. The zero-order valence-corrected chi connectivity index (χ0v) is 7.53. The van der Waals surface area contributed by atoms with Gasteiger partial charge in [-0.15, -0.1) is 0 Å². The molecule has 0 spiro atoms. The van der Waals surface area contributed by atoms with Gasteiger partial charge < -0.3 is 9.53 Å². The van der Waals surface area contributed by atoms with Gasteiger partial charge in [-0.05, 0) is 18.9 Å². The molecule has 0 aliphatic heterocycles. The Balaban J connectivity index is 2.56. The van der Waals surface area contributed by atoms with Gasteiger partial charge in [0.25, 0.3) is 0 Å². The standard InChI is InChI=1S/C10H12O3/c1-8-6-9(7-12)2-3-10(8)13-5-4-11/h2,4,6-7,10H,3,5H2,1H3. The highest BCUT2D eigenvalue weighted by Gasteiger charge is 2.14. The highest BCUT2D eigenvalue weighted by atomic mass is 16.5. The number of aldehydes is 2. The molecule has 0 aromatic carbocycles. The quantitative estimate of drug-likeness (QED) is 0.607. The van der Waals surface area contributed by atoms with Gasteiger partial charge in [-0.3, -0.25) is 4.79 Å². The van der Waals surface area contributed by atoms with E-state index in [4.69, 9.17) is 4.74 Å². The second kappa shape index (κ2) is 4.72. The predicted molar refractivity (Wildman–Crippen MR) is 48.3 cm³/mol. The fraction of sp³-hybridized carbons (Fsp3) is 0.400. The molecular formula is C10H12O3. The fourth-order valence-electron chi connectivity index (χ4n) is 1.28. The molecule has 1 unspecified atom stereocenters. The van der Waals surface area contributed by atoms with Crippen molar-refractivity contribution in [3.05, 3.63) is 23.3 Å². The zero-order chi connectivity index (χ0) is 9.68. The molecule has 1 aliphatic rings. The Bertz CT molecular complexity index is 263. The molecule has 0 fully saturated rings. The minimum atomic E-state index is -0.0473. The average Bonchev–Trinajstić information content (AvgIpc) is 2.16. The van der Waals surface area contributed by atoms with Crippen molar-refractivity contribution in [3.63, 3.8) is 0 Å². The molecule has 0 aromatic rings. The van der Waals surface area contributed by atoms with Crippen LogP contribution in [0.2, 0.25) is 0 Å². The van der Waals surface area contributed by atoms with Crippen LogP contribution in [0.3, 0.4) is 0 Å². The third-order valence-corrected chi connectivity index (χ3v) is 1.97. The number of allylic oxidation sites excluding steroid dienone is 2. The van der Waals surface area contributed by atoms with Gasteiger partial charge in [-0.2, -0.15) is 0 Å². The molecule has 0 saturated carbocycles. The summed E-state index contributed by atoms with van der Waals surface area (Å²) in [5.41, 5.74) is 1.68. The van der Waals surface area contributed by atoms with Crippen LogP contribution in [0.1, 0.15) is 13.3 Å². The van der Waals surface area contributed by atoms with E-state index in [1.165, 1.54) is 0 Å². The lowest BCUT2D eigenvalue weighted by Crippen LogP contribution is -2.17. The van der Waals surface area contributed by atoms with Gasteiger partial charge in [0.1, 0.15) is 19.2 Å². The molecular weight excluding hydrogens is 168 g/mol. The third kappa shape index (κ3) is 2.63. The lowest BCUT2D eigenvalue weighted by Gasteiger charge is -2.19. The topological polar surface area (TPSA) is 43.4 Å². The second-order valence-corrected chi connectivity index (χ2v) is 2.93. The average molecular weight is 180 g/mol. The van der Waals surface area contributed by atoms with E-state index in [9.17, 15) is 9.59 Å². The normalized spacial score (nSPS) is 21.8. The summed E-state index contributed by atoms with van der Waals surface area (Å²) < 4.78 is 5.24. The van der Waals surface area contributed by atoms with Crippen LogP contribution in [0.25, 0.3) is 0 Å². The van der Waals surface area contributed by atoms with E-state index < -0.39 is 0 Å². The van der Waals surface area contributed by atoms with Crippen LogP contribution in [0, 0.1) is 0 Å². The number of hydrogen-bond donors (Lipinski definition) is 0. The Morgan fingerprint density at radius 2 is 2.38 bits per heavy atom. The Labute approximate surface area is 77.1 Å². The summed E-state index contributed by atoms with van der Waals surface area (Å²) in [4.78, 5) is 20.5. The van der Waals surface area contributed by atoms with E-state index in [2.05, 4.69) is 0 Å². The molecule has 3 nitrogen and oxygen atoms in total. The Morgan fingerprint density at radius 1 is 1.62 bits per heavy atom. The maximum Gasteiger partial charge on any atom is 0.149 e. The summed E-state index contributed by atoms with van der Waals surface area (Å²) in [7, 11) is 0. The number of rotatable bonds is 4. The van der Waals surface area contributed by atoms with Crippen LogP contribution in [-0.4, -0.2) is 25.3 Å². The molecule has 0 saturated heterocycles. The van der Waals surface area contributed by atoms with Crippen LogP contribution < -0.4 is 0 Å². The molecule has 0 bridgehead atoms. The summed E-state index contributed by atoms with van der Waals surface area (Å²) in [6.07, 6.45) is 5.77. The van der Waals surface area contributed by atoms with Gasteiger partial charge in [0.2, 0.25) is 0 Å². The molecule has 0 radical (unpaired) electrons. The largest absolute Gasteiger partial charge is 0.366 e. The smallest absolute Gasteiger partial charge is 0.149 e. The Morgan fingerprint density at radius 3 is 2.92 bits per heavy atom. The Hall–Kier alpha value is -1.22. The summed E-state index contributed by atoms with van der Waals surface area (Å²) >= 11 is 0. The van der Waals surface area contributed by atoms with Crippen molar-refractivity contribution in [2.75, 3.05) is 6.61 Å². The van der Waals surface area contributed by atoms with Crippen LogP contribution in [0.5, 0.6) is 0 Å². The van der Waals surface area contributed by atoms with Crippen molar-refractivity contribution in [1.29, 1.82) is 0 Å². The first-order chi connectivity index (χ1) is 6.27. The van der Waals surface area contributed by atoms with Gasteiger partial charge in [-0.25, -0.2) is 0 Å². The van der Waals surface area contributed by atoms with Gasteiger partial charge in [0.05, 0.1) is 6.10 Å².